The van der Waals surface area contributed by atoms with Crippen LogP contribution in [-0.4, -0.2) is 46.6 Å². The molecule has 0 aromatic rings. The molecule has 3 N–H and O–H groups in total. The molecule has 4 aliphatic rings. The average molecular weight is 395 g/mol. The first-order valence-electron chi connectivity index (χ1n) is 10.9. The van der Waals surface area contributed by atoms with Crippen molar-refractivity contribution < 1.29 is 29.6 Å². The van der Waals surface area contributed by atoms with E-state index in [0.29, 0.717) is 18.8 Å². The minimum absolute atomic E-state index is 0.105. The molecule has 4 aliphatic carbocycles. The maximum atomic E-state index is 12.5. The van der Waals surface area contributed by atoms with Crippen LogP contribution < -0.4 is 0 Å². The van der Waals surface area contributed by atoms with Crippen LogP contribution in [0.15, 0.2) is 0 Å². The van der Waals surface area contributed by atoms with Gasteiger partial charge in [-0.25, -0.2) is 0 Å². The van der Waals surface area contributed by atoms with E-state index < -0.39 is 23.5 Å². The number of hydrogen-bond donors (Lipinski definition) is 3. The number of aliphatic hydroxyl groups excluding tert-OH is 2. The third-order valence-electron chi connectivity index (χ3n) is 9.38. The van der Waals surface area contributed by atoms with Crippen molar-refractivity contribution in [3.8, 4) is 0 Å². The van der Waals surface area contributed by atoms with Crippen molar-refractivity contribution in [1.29, 1.82) is 0 Å². The van der Waals surface area contributed by atoms with Gasteiger partial charge < -0.3 is 20.1 Å². The second-order valence-electron chi connectivity index (χ2n) is 10.4. The zero-order valence-corrected chi connectivity index (χ0v) is 17.0. The first-order valence-corrected chi connectivity index (χ1v) is 10.9. The minimum atomic E-state index is -1.12. The molecule has 28 heavy (non-hydrogen) atoms. The topological polar surface area (TPSA) is 104 Å². The summed E-state index contributed by atoms with van der Waals surface area (Å²) < 4.78 is 5.27. The van der Waals surface area contributed by atoms with E-state index in [2.05, 4.69) is 6.92 Å². The van der Waals surface area contributed by atoms with Gasteiger partial charge in [0.15, 0.2) is 0 Å². The largest absolute Gasteiger partial charge is 0.481 e. The second-order valence-corrected chi connectivity index (χ2v) is 10.4. The van der Waals surface area contributed by atoms with Gasteiger partial charge in [-0.05, 0) is 74.0 Å². The molecule has 4 fully saturated rings. The molecular formula is C22H34O6. The first-order chi connectivity index (χ1) is 13.2. The molecule has 1 spiro atoms. The van der Waals surface area contributed by atoms with E-state index in [9.17, 15) is 24.9 Å². The number of carbonyl (C=O) groups excluding carboxylic acids is 1. The van der Waals surface area contributed by atoms with Crippen LogP contribution in [-0.2, 0) is 14.3 Å². The highest BCUT2D eigenvalue weighted by molar-refractivity contribution is 5.76. The van der Waals surface area contributed by atoms with E-state index in [-0.39, 0.29) is 41.8 Å². The standard InChI is InChI=1S/C22H34O6/c1-13(24)28-12-21(19(26)27)7-3-6-20(2)16-5-4-14-9-22(16,10-15(14)11-23)18(25)8-17(20)21/h14-18,23,25H,3-12H2,1-2H3,(H,26,27)/t14-,15+,16+,17+,18+,20+,21+,22-/m1/s1. The predicted molar refractivity (Wildman–Crippen MR) is 101 cm³/mol. The number of esters is 1. The second kappa shape index (κ2) is 6.69. The number of carboxylic acid groups (broad SMARTS) is 1. The van der Waals surface area contributed by atoms with E-state index >= 15 is 0 Å². The van der Waals surface area contributed by atoms with Gasteiger partial charge in [0.2, 0.25) is 0 Å². The van der Waals surface area contributed by atoms with Crippen molar-refractivity contribution in [2.75, 3.05) is 13.2 Å². The van der Waals surface area contributed by atoms with Gasteiger partial charge in [-0.3, -0.25) is 9.59 Å². The van der Waals surface area contributed by atoms with E-state index in [1.54, 1.807) is 0 Å². The molecule has 0 unspecified atom stereocenters. The summed E-state index contributed by atoms with van der Waals surface area (Å²) in [6, 6.07) is 0. The van der Waals surface area contributed by atoms with Gasteiger partial charge in [-0.1, -0.05) is 13.3 Å². The maximum Gasteiger partial charge on any atom is 0.313 e. The van der Waals surface area contributed by atoms with Crippen molar-refractivity contribution in [3.05, 3.63) is 0 Å². The molecule has 0 amide bonds. The van der Waals surface area contributed by atoms with Crippen LogP contribution in [0, 0.1) is 39.9 Å². The summed E-state index contributed by atoms with van der Waals surface area (Å²) in [6.45, 7) is 3.62. The van der Waals surface area contributed by atoms with Gasteiger partial charge in [0.1, 0.15) is 12.0 Å². The van der Waals surface area contributed by atoms with E-state index in [4.69, 9.17) is 4.74 Å². The molecular weight excluding hydrogens is 360 g/mol. The molecule has 0 aliphatic heterocycles. The number of aliphatic hydroxyl groups is 2. The highest BCUT2D eigenvalue weighted by Gasteiger charge is 2.69. The lowest BCUT2D eigenvalue weighted by molar-refractivity contribution is -0.219. The van der Waals surface area contributed by atoms with E-state index in [1.807, 2.05) is 0 Å². The molecule has 4 rings (SSSR count). The Morgan fingerprint density at radius 2 is 1.89 bits per heavy atom. The van der Waals surface area contributed by atoms with E-state index in [0.717, 1.165) is 38.5 Å². The van der Waals surface area contributed by atoms with Gasteiger partial charge in [0.25, 0.3) is 0 Å². The molecule has 6 heteroatoms. The SMILES string of the molecule is CC(=O)OC[C@@]1(C(=O)O)CCC[C@]2(C)[C@@H]1C[C@H](O)[C@]13C[C@@H](CO)[C@H](CC[C@@H]21)C3. The predicted octanol–water partition coefficient (Wildman–Crippen LogP) is 2.61. The van der Waals surface area contributed by atoms with Crippen molar-refractivity contribution in [2.45, 2.75) is 71.3 Å². The number of fused-ring (bicyclic) bond motifs is 3. The fraction of sp³-hybridized carbons (Fsp3) is 0.909. The lowest BCUT2D eigenvalue weighted by Crippen LogP contribution is -2.64. The molecule has 4 saturated carbocycles. The van der Waals surface area contributed by atoms with Gasteiger partial charge in [-0.15, -0.1) is 0 Å². The van der Waals surface area contributed by atoms with Crippen molar-refractivity contribution in [2.24, 2.45) is 39.9 Å². The van der Waals surface area contributed by atoms with Gasteiger partial charge >= 0.3 is 11.9 Å². The normalized spacial score (nSPS) is 49.8. The third-order valence-corrected chi connectivity index (χ3v) is 9.38. The lowest BCUT2D eigenvalue weighted by atomic mass is 9.40. The summed E-state index contributed by atoms with van der Waals surface area (Å²) in [5.74, 6) is -0.568. The van der Waals surface area contributed by atoms with Gasteiger partial charge in [0, 0.05) is 18.9 Å². The number of carboxylic acids is 1. The highest BCUT2D eigenvalue weighted by atomic mass is 16.5. The summed E-state index contributed by atoms with van der Waals surface area (Å²) in [7, 11) is 0. The fourth-order valence-electron chi connectivity index (χ4n) is 8.24. The van der Waals surface area contributed by atoms with Crippen molar-refractivity contribution in [3.63, 3.8) is 0 Å². The highest BCUT2D eigenvalue weighted by Crippen LogP contribution is 2.72. The molecule has 0 heterocycles. The van der Waals surface area contributed by atoms with Gasteiger partial charge in [-0.2, -0.15) is 0 Å². The average Bonchev–Trinajstić information content (AvgIpc) is 2.93. The zero-order chi connectivity index (χ0) is 20.3. The summed E-state index contributed by atoms with van der Waals surface area (Å²) >= 11 is 0. The first kappa shape index (κ1) is 20.1. The number of ether oxygens (including phenoxy) is 1. The third kappa shape index (κ3) is 2.59. The number of aliphatic carboxylic acids is 1. The quantitative estimate of drug-likeness (QED) is 0.633. The fourth-order valence-corrected chi connectivity index (χ4v) is 8.24. The summed E-state index contributed by atoms with van der Waals surface area (Å²) in [4.78, 5) is 24.0. The zero-order valence-electron chi connectivity index (χ0n) is 17.0. The smallest absolute Gasteiger partial charge is 0.313 e. The Bertz CT molecular complexity index is 663. The van der Waals surface area contributed by atoms with Crippen LogP contribution in [0.25, 0.3) is 0 Å². The molecule has 0 saturated heterocycles. The Hall–Kier alpha value is -1.14. The molecule has 0 radical (unpaired) electrons. The van der Waals surface area contributed by atoms with Crippen LogP contribution >= 0.6 is 0 Å². The molecule has 158 valence electrons. The molecule has 8 atom stereocenters. The summed E-state index contributed by atoms with van der Waals surface area (Å²) in [5.41, 5.74) is -1.50. The molecule has 2 bridgehead atoms. The monoisotopic (exact) mass is 394 g/mol. The van der Waals surface area contributed by atoms with Crippen LogP contribution in [0.3, 0.4) is 0 Å². The van der Waals surface area contributed by atoms with Crippen LogP contribution in [0.5, 0.6) is 0 Å². The number of rotatable bonds is 4. The Morgan fingerprint density at radius 3 is 2.54 bits per heavy atom. The van der Waals surface area contributed by atoms with Crippen LogP contribution in [0.2, 0.25) is 0 Å². The molecule has 0 aromatic carbocycles. The Kier molecular flexibility index (Phi) is 4.82. The Labute approximate surface area is 166 Å². The Balaban J connectivity index is 1.73. The lowest BCUT2D eigenvalue weighted by Gasteiger charge is -2.65. The van der Waals surface area contributed by atoms with Crippen molar-refractivity contribution >= 4 is 11.9 Å². The molecule has 0 aromatic heterocycles. The summed E-state index contributed by atoms with van der Waals surface area (Å²) in [5, 5.41) is 31.5. The summed E-state index contributed by atoms with van der Waals surface area (Å²) in [6.07, 6.45) is 6.00. The molecule has 6 nitrogen and oxygen atoms in total. The van der Waals surface area contributed by atoms with Crippen LogP contribution in [0.1, 0.15) is 65.2 Å². The van der Waals surface area contributed by atoms with Gasteiger partial charge in [0.05, 0.1) is 6.10 Å². The van der Waals surface area contributed by atoms with Crippen LogP contribution in [0.4, 0.5) is 0 Å². The van der Waals surface area contributed by atoms with Crippen molar-refractivity contribution in [1.82, 2.24) is 0 Å². The van der Waals surface area contributed by atoms with E-state index in [1.165, 1.54) is 6.92 Å². The Morgan fingerprint density at radius 1 is 1.14 bits per heavy atom. The number of hydrogen-bond acceptors (Lipinski definition) is 5. The number of carbonyl (C=O) groups is 2. The maximum absolute atomic E-state index is 12.5. The minimum Gasteiger partial charge on any atom is -0.481 e.